The first-order chi connectivity index (χ1) is 43.8. The minimum atomic E-state index is -3.47. The summed E-state index contributed by atoms with van der Waals surface area (Å²) in [6.07, 6.45) is -68.9. The Bertz CT molecular complexity index is 2360. The van der Waals surface area contributed by atoms with E-state index in [9.17, 15) is 137 Å². The van der Waals surface area contributed by atoms with Crippen LogP contribution in [0.5, 0.6) is 0 Å². The Balaban J connectivity index is 1.42. The second kappa shape index (κ2) is 34.3. The van der Waals surface area contributed by atoms with Crippen LogP contribution in [0.25, 0.3) is 0 Å². The molecule has 6 heterocycles. The summed E-state index contributed by atoms with van der Waals surface area (Å²) in [5, 5.41) is 256. The summed E-state index contributed by atoms with van der Waals surface area (Å²) in [4.78, 5) is 51.2. The van der Waals surface area contributed by atoms with Crippen molar-refractivity contribution in [2.24, 2.45) is 0 Å². The van der Waals surface area contributed by atoms with Crippen molar-refractivity contribution in [2.75, 3.05) is 52.9 Å². The molecule has 26 N–H and O–H groups in total. The molecule has 6 fully saturated rings. The van der Waals surface area contributed by atoms with Gasteiger partial charge in [0, 0.05) is 27.2 Å². The van der Waals surface area contributed by atoms with Gasteiger partial charge in [-0.05, 0) is 0 Å². The number of amides is 3. The summed E-state index contributed by atoms with van der Waals surface area (Å²) < 4.78 is 70.0. The van der Waals surface area contributed by atoms with Crippen molar-refractivity contribution in [3.8, 4) is 0 Å². The number of carbonyl (C=O) groups excluding carboxylic acids is 3. The van der Waals surface area contributed by atoms with Gasteiger partial charge in [-0.15, -0.1) is 0 Å². The lowest BCUT2D eigenvalue weighted by molar-refractivity contribution is -0.403. The van der Waals surface area contributed by atoms with E-state index < -0.39 is 297 Å². The molecule has 0 aliphatic carbocycles. The molecule has 93 heavy (non-hydrogen) atoms. The number of ether oxygens (including phenoxy) is 12. The molecule has 0 saturated carbocycles. The van der Waals surface area contributed by atoms with Gasteiger partial charge in [-0.3, -0.25) is 14.4 Å². The van der Waals surface area contributed by atoms with Gasteiger partial charge in [0.15, 0.2) is 31.5 Å². The number of aliphatic hydroxyl groups excluding tert-OH is 22. The lowest BCUT2D eigenvalue weighted by Gasteiger charge is -2.52. The van der Waals surface area contributed by atoms with E-state index >= 15 is 0 Å². The summed E-state index contributed by atoms with van der Waals surface area (Å²) in [7, 11) is 0. The highest BCUT2D eigenvalue weighted by molar-refractivity contribution is 5.77. The molecule has 6 saturated heterocycles. The Kier molecular flexibility index (Phi) is 29.0. The number of carboxylic acid groups (broad SMARTS) is 1. The fourth-order valence-corrected chi connectivity index (χ4v) is 11.4. The maximum Gasteiger partial charge on any atom is 0.364 e. The third-order valence-electron chi connectivity index (χ3n) is 16.3. The normalized spacial score (nSPS) is 43.6. The van der Waals surface area contributed by atoms with Gasteiger partial charge in [0.2, 0.25) is 17.7 Å². The summed E-state index contributed by atoms with van der Waals surface area (Å²) in [6, 6.07) is -5.50. The Morgan fingerprint density at radius 2 is 0.914 bits per heavy atom. The van der Waals surface area contributed by atoms with Crippen molar-refractivity contribution in [2.45, 2.75) is 241 Å². The highest BCUT2D eigenvalue weighted by atomic mass is 16.8. The fourth-order valence-electron chi connectivity index (χ4n) is 11.4. The van der Waals surface area contributed by atoms with Crippen molar-refractivity contribution in [3.05, 3.63) is 0 Å². The summed E-state index contributed by atoms with van der Waals surface area (Å²) in [6.45, 7) is -6.48. The zero-order valence-corrected chi connectivity index (χ0v) is 49.8. The predicted octanol–water partition coefficient (Wildman–Crippen LogP) is -17.0. The van der Waals surface area contributed by atoms with Crippen molar-refractivity contribution in [1.29, 1.82) is 0 Å². The molecule has 42 heteroatoms. The van der Waals surface area contributed by atoms with Gasteiger partial charge >= 0.3 is 5.97 Å². The van der Waals surface area contributed by atoms with Gasteiger partial charge in [-0.25, -0.2) is 4.79 Å². The number of aliphatic carboxylic acids is 1. The highest BCUT2D eigenvalue weighted by Gasteiger charge is 2.62. The molecule has 6 rings (SSSR count). The number of nitrogens with one attached hydrogen (secondary N) is 3. The molecule has 0 aromatic heterocycles. The zero-order chi connectivity index (χ0) is 69.4. The number of hydrogen-bond donors (Lipinski definition) is 26. The number of carbonyl (C=O) groups is 4. The predicted molar refractivity (Wildman–Crippen MR) is 286 cm³/mol. The largest absolute Gasteiger partial charge is 0.477 e. The standard InChI is InChI=1S/C51H87N3O39/c1-13(62)52-25-16(65)4-51(50(80)81,92-42(25)29(70)18(67)6-56)93-44-38(79)49(86-23(11-61)41(44)90-46-26(53-14(2)63)33(74)30(71)20(8-58)83-46)91-43-32(73)24(87-48(37(43)78)88-39(19(68)7-57)28(69)17(66)5-55)12-82-45-27(54-15(3)64)34(75)40(22(10-60)85-45)89-47-36(77)35(76)31(72)21(9-59)84-47/h16-49,55-61,65-79H,4-12H2,1-3H3,(H,52,62)(H,53,63)(H,54,64)(H,80,81)/t16-,17-,18+,19+,20+,21+,22+,23+,24+,25+,26+,27+,28+,29+,30-,31-,32-,33+,34+,35-,36+,37+,38+,39+,40+,41-,42+,43-,44+,45+,46-,47-,48-,49-,51-/m0/s1. The van der Waals surface area contributed by atoms with Gasteiger partial charge < -0.3 is 190 Å². The van der Waals surface area contributed by atoms with E-state index in [0.29, 0.717) is 0 Å². The highest BCUT2D eigenvalue weighted by Crippen LogP contribution is 2.41. The minimum Gasteiger partial charge on any atom is -0.477 e. The smallest absolute Gasteiger partial charge is 0.364 e. The molecular formula is C51H87N3O39. The van der Waals surface area contributed by atoms with Crippen LogP contribution in [0.1, 0.15) is 27.2 Å². The maximum atomic E-state index is 13.7. The fraction of sp³-hybridized carbons (Fsp3) is 0.922. The molecule has 0 radical (unpaired) electrons. The second-order valence-electron chi connectivity index (χ2n) is 23.0. The van der Waals surface area contributed by atoms with E-state index in [-0.39, 0.29) is 0 Å². The van der Waals surface area contributed by atoms with Crippen molar-refractivity contribution in [3.63, 3.8) is 0 Å². The van der Waals surface area contributed by atoms with Crippen LogP contribution in [0.3, 0.4) is 0 Å². The average molecular weight is 1370 g/mol. The third kappa shape index (κ3) is 17.9. The molecule has 6 aliphatic heterocycles. The summed E-state index contributed by atoms with van der Waals surface area (Å²) >= 11 is 0. The lowest BCUT2D eigenvalue weighted by atomic mass is 9.88. The molecule has 0 aromatic rings. The molecular weight excluding hydrogens is 1280 g/mol. The van der Waals surface area contributed by atoms with E-state index in [1.54, 1.807) is 0 Å². The van der Waals surface area contributed by atoms with Gasteiger partial charge in [0.1, 0.15) is 165 Å². The van der Waals surface area contributed by atoms with Gasteiger partial charge in [0.05, 0.1) is 65.0 Å². The Labute approximate surface area is 526 Å². The van der Waals surface area contributed by atoms with Gasteiger partial charge in [0.25, 0.3) is 5.79 Å². The van der Waals surface area contributed by atoms with Crippen LogP contribution in [-0.4, -0.2) is 408 Å². The topological polar surface area (TPSA) is 680 Å². The van der Waals surface area contributed by atoms with Gasteiger partial charge in [-0.1, -0.05) is 0 Å². The minimum absolute atomic E-state index is 0.902. The first-order valence-electron chi connectivity index (χ1n) is 29.2. The third-order valence-corrected chi connectivity index (χ3v) is 16.3. The van der Waals surface area contributed by atoms with Crippen LogP contribution in [-0.2, 0) is 76.0 Å². The maximum absolute atomic E-state index is 13.7. The van der Waals surface area contributed by atoms with Crippen LogP contribution in [0, 0.1) is 0 Å². The molecule has 35 atom stereocenters. The first kappa shape index (κ1) is 78.5. The Hall–Kier alpha value is -3.48. The Morgan fingerprint density at radius 3 is 1.45 bits per heavy atom. The molecule has 540 valence electrons. The summed E-state index contributed by atoms with van der Waals surface area (Å²) in [5.41, 5.74) is 0. The first-order valence-corrected chi connectivity index (χ1v) is 29.2. The van der Waals surface area contributed by atoms with Gasteiger partial charge in [-0.2, -0.15) is 0 Å². The molecule has 0 spiro atoms. The van der Waals surface area contributed by atoms with E-state index in [0.717, 1.165) is 20.8 Å². The number of carboxylic acids is 1. The zero-order valence-electron chi connectivity index (χ0n) is 49.8. The van der Waals surface area contributed by atoms with E-state index in [4.69, 9.17) is 56.8 Å². The second-order valence-corrected chi connectivity index (χ2v) is 23.0. The molecule has 42 nitrogen and oxygen atoms in total. The van der Waals surface area contributed by atoms with Crippen LogP contribution >= 0.6 is 0 Å². The number of hydrogen-bond acceptors (Lipinski definition) is 38. The number of aliphatic hydroxyl groups is 22. The van der Waals surface area contributed by atoms with Crippen LogP contribution in [0.15, 0.2) is 0 Å². The Morgan fingerprint density at radius 1 is 0.462 bits per heavy atom. The van der Waals surface area contributed by atoms with Crippen molar-refractivity contribution in [1.82, 2.24) is 16.0 Å². The number of rotatable bonds is 29. The molecule has 0 unspecified atom stereocenters. The van der Waals surface area contributed by atoms with Crippen LogP contribution in [0.4, 0.5) is 0 Å². The average Bonchev–Trinajstić information content (AvgIpc) is 0.756. The monoisotopic (exact) mass is 1370 g/mol. The SMILES string of the molecule is CC(=O)N[C@H]1[C@H](OC[C@H]2O[C@@H](O[C@@H]([C@H](O)[C@@H](O)CO)[C@H](O)CO)[C@H](O)[C@@H](O[C@@H]3O[C@H](CO)[C@H](O[C@@H]4O[C@H](CO)[C@H](O)[C@H](O)[C@H]4NC(C)=O)[C@H](O[C@]4(C(=O)O)C[C@H](O)[C@@H](NC(C)=O)[C@H]([C@H](O)[C@H](O)CO)O4)[C@H]3O)[C@H]2O)O[C@H](CO)[C@@H](O[C@@H]2O[C@H](CO)[C@H](O)[C@H](O)[C@H]2O)[C@@H]1O. The van der Waals surface area contributed by atoms with Crippen molar-refractivity contribution >= 4 is 23.7 Å². The van der Waals surface area contributed by atoms with E-state index in [2.05, 4.69) is 16.0 Å². The molecule has 6 aliphatic rings. The molecule has 3 amide bonds. The molecule has 0 bridgehead atoms. The quantitative estimate of drug-likeness (QED) is 0.0331. The molecule has 0 aromatic carbocycles. The van der Waals surface area contributed by atoms with Crippen LogP contribution < -0.4 is 16.0 Å². The van der Waals surface area contributed by atoms with Crippen molar-refractivity contribution < 1.29 is 193 Å². The lowest BCUT2D eigenvalue weighted by Crippen LogP contribution is -2.72. The van der Waals surface area contributed by atoms with E-state index in [1.807, 2.05) is 0 Å². The van der Waals surface area contributed by atoms with Crippen LogP contribution in [0.2, 0.25) is 0 Å². The summed E-state index contributed by atoms with van der Waals surface area (Å²) in [5.74, 6) is -8.44. The van der Waals surface area contributed by atoms with E-state index in [1.165, 1.54) is 0 Å².